The summed E-state index contributed by atoms with van der Waals surface area (Å²) in [6, 6.07) is 0.0987. The van der Waals surface area contributed by atoms with Crippen molar-refractivity contribution in [2.24, 2.45) is 5.92 Å². The van der Waals surface area contributed by atoms with Gasteiger partial charge in [0.25, 0.3) is 0 Å². The van der Waals surface area contributed by atoms with E-state index in [1.807, 2.05) is 6.20 Å². The number of carbonyl (C=O) groups is 1. The molecule has 4 rings (SSSR count). The molecule has 2 atom stereocenters. The lowest BCUT2D eigenvalue weighted by atomic mass is 10.1. The van der Waals surface area contributed by atoms with Crippen molar-refractivity contribution in [2.75, 3.05) is 57.5 Å². The Kier molecular flexibility index (Phi) is 4.48. The van der Waals surface area contributed by atoms with Gasteiger partial charge in [-0.15, -0.1) is 11.3 Å². The first-order valence-corrected chi connectivity index (χ1v) is 8.97. The fourth-order valence-electron chi connectivity index (χ4n) is 3.34. The Bertz CT molecular complexity index is 561. The van der Waals surface area contributed by atoms with Gasteiger partial charge >= 0.3 is 0 Å². The van der Waals surface area contributed by atoms with Gasteiger partial charge in [0.15, 0.2) is 5.13 Å². The molecule has 1 aromatic heterocycles. The highest BCUT2D eigenvalue weighted by molar-refractivity contribution is 7.15. The number of nitrogens with zero attached hydrogens (tertiary/aromatic N) is 3. The first-order chi connectivity index (χ1) is 11.3. The maximum Gasteiger partial charge on any atom is 0.227 e. The van der Waals surface area contributed by atoms with E-state index in [1.54, 1.807) is 11.3 Å². The molecule has 3 saturated heterocycles. The van der Waals surface area contributed by atoms with E-state index in [1.165, 1.54) is 4.88 Å². The molecule has 2 bridgehead atoms. The summed E-state index contributed by atoms with van der Waals surface area (Å²) in [6.45, 7) is 6.97. The molecular formula is C15H22N4O3S. The van der Waals surface area contributed by atoms with Crippen molar-refractivity contribution in [3.63, 3.8) is 0 Å². The van der Waals surface area contributed by atoms with Crippen molar-refractivity contribution in [3.8, 4) is 0 Å². The third-order valence-corrected chi connectivity index (χ3v) is 5.56. The van der Waals surface area contributed by atoms with Crippen LogP contribution in [0, 0.1) is 5.92 Å². The molecule has 0 aromatic carbocycles. The highest BCUT2D eigenvalue weighted by Gasteiger charge is 2.33. The normalized spacial score (nSPS) is 29.2. The predicted molar refractivity (Wildman–Crippen MR) is 86.7 cm³/mol. The Hall–Kier alpha value is -1.22. The van der Waals surface area contributed by atoms with Crippen LogP contribution in [0.15, 0.2) is 6.20 Å². The molecule has 0 radical (unpaired) electrons. The van der Waals surface area contributed by atoms with E-state index in [0.717, 1.165) is 51.1 Å². The third kappa shape index (κ3) is 3.50. The number of nitrogens with one attached hydrogen (secondary N) is 1. The lowest BCUT2D eigenvalue weighted by Crippen LogP contribution is -2.41. The molecule has 1 amide bonds. The lowest BCUT2D eigenvalue weighted by Gasteiger charge is -2.27. The van der Waals surface area contributed by atoms with Gasteiger partial charge in [0.1, 0.15) is 0 Å². The van der Waals surface area contributed by atoms with Gasteiger partial charge in [-0.25, -0.2) is 4.98 Å². The maximum absolute atomic E-state index is 12.1. The van der Waals surface area contributed by atoms with E-state index >= 15 is 0 Å². The van der Waals surface area contributed by atoms with Crippen LogP contribution in [0.5, 0.6) is 0 Å². The fraction of sp³-hybridized carbons (Fsp3) is 0.733. The minimum absolute atomic E-state index is 0.0610. The number of hydrogen-bond acceptors (Lipinski definition) is 7. The van der Waals surface area contributed by atoms with E-state index in [9.17, 15) is 4.79 Å². The minimum atomic E-state index is -0.0610. The van der Waals surface area contributed by atoms with Gasteiger partial charge in [0.05, 0.1) is 38.4 Å². The fourth-order valence-corrected chi connectivity index (χ4v) is 4.35. The van der Waals surface area contributed by atoms with Crippen molar-refractivity contribution < 1.29 is 14.3 Å². The second-order valence-corrected chi connectivity index (χ2v) is 7.44. The number of fused-ring (bicyclic) bond motifs is 3. The van der Waals surface area contributed by atoms with Crippen LogP contribution in [0.1, 0.15) is 4.88 Å². The standard InChI is InChI=1S/C15H22N4O3S/c20-14-11-6-18(7-12(17-14)10-22-9-11)8-13-5-16-15(23-13)19-1-3-21-4-2-19/h5,11-12H,1-4,6-10H2,(H,17,20)/t11-,12+/m1/s1. The first-order valence-electron chi connectivity index (χ1n) is 8.16. The van der Waals surface area contributed by atoms with Gasteiger partial charge in [-0.3, -0.25) is 9.69 Å². The van der Waals surface area contributed by atoms with Crippen LogP contribution in [0.2, 0.25) is 0 Å². The maximum atomic E-state index is 12.1. The molecule has 7 nitrogen and oxygen atoms in total. The minimum Gasteiger partial charge on any atom is -0.378 e. The van der Waals surface area contributed by atoms with Crippen LogP contribution in [-0.2, 0) is 20.8 Å². The number of rotatable bonds is 3. The zero-order valence-electron chi connectivity index (χ0n) is 13.1. The molecule has 1 N–H and O–H groups in total. The average Bonchev–Trinajstić information content (AvgIpc) is 2.87. The number of ether oxygens (including phenoxy) is 2. The molecule has 23 heavy (non-hydrogen) atoms. The molecule has 3 fully saturated rings. The quantitative estimate of drug-likeness (QED) is 0.832. The van der Waals surface area contributed by atoms with Crippen molar-refractivity contribution in [1.82, 2.24) is 15.2 Å². The van der Waals surface area contributed by atoms with Crippen LogP contribution >= 0.6 is 11.3 Å². The summed E-state index contributed by atoms with van der Waals surface area (Å²) in [6.07, 6.45) is 1.97. The molecule has 0 spiro atoms. The van der Waals surface area contributed by atoms with Crippen LogP contribution in [0.3, 0.4) is 0 Å². The van der Waals surface area contributed by atoms with E-state index in [2.05, 4.69) is 20.1 Å². The molecule has 126 valence electrons. The monoisotopic (exact) mass is 338 g/mol. The van der Waals surface area contributed by atoms with Gasteiger partial charge in [-0.2, -0.15) is 0 Å². The van der Waals surface area contributed by atoms with Gasteiger partial charge in [0.2, 0.25) is 5.91 Å². The predicted octanol–water partition coefficient (Wildman–Crippen LogP) is -0.0735. The summed E-state index contributed by atoms with van der Waals surface area (Å²) in [7, 11) is 0. The summed E-state index contributed by atoms with van der Waals surface area (Å²) >= 11 is 1.75. The smallest absolute Gasteiger partial charge is 0.227 e. The number of morpholine rings is 1. The SMILES string of the molecule is O=C1N[C@@H]2COC[C@H]1CN(Cc1cnc(N3CCOCC3)s1)C2. The third-order valence-electron chi connectivity index (χ3n) is 4.51. The van der Waals surface area contributed by atoms with Crippen LogP contribution in [0.4, 0.5) is 5.13 Å². The van der Waals surface area contributed by atoms with E-state index in [4.69, 9.17) is 9.47 Å². The number of thiazole rings is 1. The Morgan fingerprint density at radius 1 is 1.26 bits per heavy atom. The second kappa shape index (κ2) is 6.72. The van der Waals surface area contributed by atoms with Gasteiger partial charge in [-0.05, 0) is 0 Å². The van der Waals surface area contributed by atoms with Crippen molar-refractivity contribution >= 4 is 22.4 Å². The first kappa shape index (κ1) is 15.3. The topological polar surface area (TPSA) is 66.9 Å². The van der Waals surface area contributed by atoms with Crippen molar-refractivity contribution in [3.05, 3.63) is 11.1 Å². The summed E-state index contributed by atoms with van der Waals surface area (Å²) in [5.41, 5.74) is 0. The van der Waals surface area contributed by atoms with Crippen LogP contribution in [-0.4, -0.2) is 74.4 Å². The number of carbonyl (C=O) groups excluding carboxylic acids is 1. The van der Waals surface area contributed by atoms with Crippen LogP contribution < -0.4 is 10.2 Å². The number of anilines is 1. The summed E-state index contributed by atoms with van der Waals surface area (Å²) in [5, 5.41) is 4.15. The Labute approximate surface area is 139 Å². The van der Waals surface area contributed by atoms with Gasteiger partial charge in [0, 0.05) is 43.8 Å². The number of hydrogen-bond donors (Lipinski definition) is 1. The highest BCUT2D eigenvalue weighted by atomic mass is 32.1. The Morgan fingerprint density at radius 3 is 3.00 bits per heavy atom. The zero-order valence-corrected chi connectivity index (χ0v) is 13.9. The molecule has 0 unspecified atom stereocenters. The second-order valence-electron chi connectivity index (χ2n) is 6.34. The molecule has 0 saturated carbocycles. The average molecular weight is 338 g/mol. The lowest BCUT2D eigenvalue weighted by molar-refractivity contribution is -0.125. The Balaban J connectivity index is 1.41. The zero-order chi connectivity index (χ0) is 15.6. The summed E-state index contributed by atoms with van der Waals surface area (Å²) in [5.74, 6) is 0.0717. The van der Waals surface area contributed by atoms with Crippen molar-refractivity contribution in [2.45, 2.75) is 12.6 Å². The summed E-state index contributed by atoms with van der Waals surface area (Å²) in [4.78, 5) is 22.5. The summed E-state index contributed by atoms with van der Waals surface area (Å²) < 4.78 is 11.0. The van der Waals surface area contributed by atoms with Crippen molar-refractivity contribution in [1.29, 1.82) is 0 Å². The molecule has 1 aromatic rings. The molecule has 8 heteroatoms. The molecule has 3 aliphatic rings. The van der Waals surface area contributed by atoms with Gasteiger partial charge in [-0.1, -0.05) is 0 Å². The molecular weight excluding hydrogens is 316 g/mol. The van der Waals surface area contributed by atoms with E-state index in [-0.39, 0.29) is 17.9 Å². The molecule has 0 aliphatic carbocycles. The number of amides is 1. The van der Waals surface area contributed by atoms with E-state index in [0.29, 0.717) is 13.2 Å². The molecule has 4 heterocycles. The number of aromatic nitrogens is 1. The highest BCUT2D eigenvalue weighted by Crippen LogP contribution is 2.25. The molecule has 3 aliphatic heterocycles. The Morgan fingerprint density at radius 2 is 2.13 bits per heavy atom. The largest absolute Gasteiger partial charge is 0.378 e. The van der Waals surface area contributed by atoms with Crippen LogP contribution in [0.25, 0.3) is 0 Å². The van der Waals surface area contributed by atoms with Gasteiger partial charge < -0.3 is 19.7 Å². The van der Waals surface area contributed by atoms with E-state index < -0.39 is 0 Å².